The molecule has 0 aliphatic rings. The molecule has 0 saturated carbocycles. The monoisotopic (exact) mass is 322 g/mol. The molecule has 1 rings (SSSR count). The van der Waals surface area contributed by atoms with Crippen molar-refractivity contribution >= 4 is 15.9 Å². The fourth-order valence-electron chi connectivity index (χ4n) is 1.23. The van der Waals surface area contributed by atoms with Crippen LogP contribution in [0, 0.1) is 0 Å². The van der Waals surface area contributed by atoms with Gasteiger partial charge in [0.25, 0.3) is 5.92 Å². The Bertz CT molecular complexity index is 353. The molecule has 0 aromatic heterocycles. The second-order valence-corrected chi connectivity index (χ2v) is 5.25. The van der Waals surface area contributed by atoms with Crippen LogP contribution in [0.2, 0.25) is 0 Å². The minimum atomic E-state index is -2.94. The van der Waals surface area contributed by atoms with E-state index in [1.165, 1.54) is 0 Å². The third kappa shape index (κ3) is 6.42. The van der Waals surface area contributed by atoms with Crippen molar-refractivity contribution in [2.75, 3.05) is 13.2 Å². The van der Waals surface area contributed by atoms with E-state index >= 15 is 0 Å². The average Bonchev–Trinajstić information content (AvgIpc) is 2.29. The van der Waals surface area contributed by atoms with Crippen molar-refractivity contribution in [3.05, 3.63) is 34.3 Å². The highest BCUT2D eigenvalue weighted by molar-refractivity contribution is 9.10. The molecule has 0 atom stereocenters. The molecule has 18 heavy (non-hydrogen) atoms. The minimum absolute atomic E-state index is 0.171. The SMILES string of the molecule is CC(C)OCC(F)(F)COCc1ccc(Br)cc1. The van der Waals surface area contributed by atoms with E-state index in [0.717, 1.165) is 10.0 Å². The largest absolute Gasteiger partial charge is 0.372 e. The highest BCUT2D eigenvalue weighted by atomic mass is 79.9. The fourth-order valence-corrected chi connectivity index (χ4v) is 1.49. The number of benzene rings is 1. The van der Waals surface area contributed by atoms with E-state index in [9.17, 15) is 8.78 Å². The quantitative estimate of drug-likeness (QED) is 0.754. The Hall–Kier alpha value is -0.520. The Labute approximate surface area is 114 Å². The van der Waals surface area contributed by atoms with Crippen LogP contribution in [0.15, 0.2) is 28.7 Å². The number of ether oxygens (including phenoxy) is 2. The molecular weight excluding hydrogens is 306 g/mol. The van der Waals surface area contributed by atoms with Crippen LogP contribution in [-0.2, 0) is 16.1 Å². The van der Waals surface area contributed by atoms with Crippen LogP contribution in [0.5, 0.6) is 0 Å². The van der Waals surface area contributed by atoms with Gasteiger partial charge in [-0.2, -0.15) is 0 Å². The molecule has 0 radical (unpaired) electrons. The molecule has 0 aliphatic heterocycles. The van der Waals surface area contributed by atoms with E-state index in [1.807, 2.05) is 24.3 Å². The average molecular weight is 323 g/mol. The summed E-state index contributed by atoms with van der Waals surface area (Å²) in [5.41, 5.74) is 0.860. The second-order valence-electron chi connectivity index (χ2n) is 4.33. The molecule has 0 heterocycles. The molecule has 0 spiro atoms. The number of hydrogen-bond donors (Lipinski definition) is 0. The van der Waals surface area contributed by atoms with Gasteiger partial charge < -0.3 is 9.47 Å². The number of rotatable bonds is 7. The van der Waals surface area contributed by atoms with Gasteiger partial charge in [0.05, 0.1) is 12.7 Å². The maximum atomic E-state index is 13.3. The topological polar surface area (TPSA) is 18.5 Å². The Morgan fingerprint density at radius 1 is 1.17 bits per heavy atom. The lowest BCUT2D eigenvalue weighted by molar-refractivity contribution is -0.135. The van der Waals surface area contributed by atoms with E-state index in [-0.39, 0.29) is 12.7 Å². The first kappa shape index (κ1) is 15.5. The summed E-state index contributed by atoms with van der Waals surface area (Å²) in [6, 6.07) is 7.34. The Kier molecular flexibility index (Phi) is 6.18. The summed E-state index contributed by atoms with van der Waals surface area (Å²) in [4.78, 5) is 0. The van der Waals surface area contributed by atoms with Crippen LogP contribution in [-0.4, -0.2) is 25.2 Å². The third-order valence-electron chi connectivity index (χ3n) is 2.12. The van der Waals surface area contributed by atoms with Crippen LogP contribution in [0.1, 0.15) is 19.4 Å². The molecule has 1 aromatic carbocycles. The van der Waals surface area contributed by atoms with Gasteiger partial charge in [-0.15, -0.1) is 0 Å². The van der Waals surface area contributed by atoms with Crippen molar-refractivity contribution in [1.82, 2.24) is 0 Å². The van der Waals surface area contributed by atoms with Crippen molar-refractivity contribution in [1.29, 1.82) is 0 Å². The number of halogens is 3. The maximum Gasteiger partial charge on any atom is 0.293 e. The molecule has 0 unspecified atom stereocenters. The highest BCUT2D eigenvalue weighted by Crippen LogP contribution is 2.17. The summed E-state index contributed by atoms with van der Waals surface area (Å²) >= 11 is 3.30. The fraction of sp³-hybridized carbons (Fsp3) is 0.538. The normalized spacial score (nSPS) is 12.1. The summed E-state index contributed by atoms with van der Waals surface area (Å²) < 4.78 is 37.4. The molecule has 0 bridgehead atoms. The summed E-state index contributed by atoms with van der Waals surface area (Å²) in [6.07, 6.45) is -0.206. The van der Waals surface area contributed by atoms with Crippen LogP contribution < -0.4 is 0 Å². The first-order valence-corrected chi connectivity index (χ1v) is 6.50. The lowest BCUT2D eigenvalue weighted by Gasteiger charge is -2.18. The van der Waals surface area contributed by atoms with Crippen molar-refractivity contribution in [2.45, 2.75) is 32.5 Å². The number of alkyl halides is 2. The Morgan fingerprint density at radius 3 is 2.33 bits per heavy atom. The predicted molar refractivity (Wildman–Crippen MR) is 69.8 cm³/mol. The smallest absolute Gasteiger partial charge is 0.293 e. The summed E-state index contributed by atoms with van der Waals surface area (Å²) in [5.74, 6) is -2.94. The van der Waals surface area contributed by atoms with Crippen molar-refractivity contribution in [3.63, 3.8) is 0 Å². The second kappa shape index (κ2) is 7.16. The van der Waals surface area contributed by atoms with Gasteiger partial charge in [-0.1, -0.05) is 28.1 Å². The van der Waals surface area contributed by atoms with E-state index in [2.05, 4.69) is 15.9 Å². The molecular formula is C13H17BrF2O2. The number of hydrogen-bond acceptors (Lipinski definition) is 2. The lowest BCUT2D eigenvalue weighted by Crippen LogP contribution is -2.31. The van der Waals surface area contributed by atoms with E-state index in [4.69, 9.17) is 9.47 Å². The van der Waals surface area contributed by atoms with Crippen LogP contribution >= 0.6 is 15.9 Å². The summed E-state index contributed by atoms with van der Waals surface area (Å²) in [7, 11) is 0. The van der Waals surface area contributed by atoms with Crippen LogP contribution in [0.25, 0.3) is 0 Å². The van der Waals surface area contributed by atoms with Gasteiger partial charge in [-0.3, -0.25) is 0 Å². The van der Waals surface area contributed by atoms with Crippen molar-refractivity contribution < 1.29 is 18.3 Å². The summed E-state index contributed by atoms with van der Waals surface area (Å²) in [5, 5.41) is 0. The van der Waals surface area contributed by atoms with E-state index < -0.39 is 19.1 Å². The third-order valence-corrected chi connectivity index (χ3v) is 2.65. The van der Waals surface area contributed by atoms with Crippen LogP contribution in [0.3, 0.4) is 0 Å². The molecule has 102 valence electrons. The molecule has 0 N–H and O–H groups in total. The Morgan fingerprint density at radius 2 is 1.78 bits per heavy atom. The maximum absolute atomic E-state index is 13.3. The van der Waals surface area contributed by atoms with Gasteiger partial charge in [0.1, 0.15) is 13.2 Å². The minimum Gasteiger partial charge on any atom is -0.372 e. The standard InChI is InChI=1S/C13H17BrF2O2/c1-10(2)18-9-13(15,16)8-17-7-11-3-5-12(14)6-4-11/h3-6,10H,7-9H2,1-2H3. The first-order chi connectivity index (χ1) is 8.39. The zero-order valence-corrected chi connectivity index (χ0v) is 12.0. The molecule has 0 aliphatic carbocycles. The molecule has 1 aromatic rings. The molecule has 2 nitrogen and oxygen atoms in total. The van der Waals surface area contributed by atoms with Gasteiger partial charge >= 0.3 is 0 Å². The van der Waals surface area contributed by atoms with E-state index in [0.29, 0.717) is 0 Å². The van der Waals surface area contributed by atoms with Gasteiger partial charge in [-0.25, -0.2) is 8.78 Å². The zero-order valence-electron chi connectivity index (χ0n) is 10.5. The highest BCUT2D eigenvalue weighted by Gasteiger charge is 2.30. The van der Waals surface area contributed by atoms with Gasteiger partial charge in [0.2, 0.25) is 0 Å². The summed E-state index contributed by atoms with van der Waals surface area (Å²) in [6.45, 7) is 2.38. The van der Waals surface area contributed by atoms with Crippen molar-refractivity contribution in [2.24, 2.45) is 0 Å². The van der Waals surface area contributed by atoms with Crippen LogP contribution in [0.4, 0.5) is 8.78 Å². The van der Waals surface area contributed by atoms with Gasteiger partial charge in [-0.05, 0) is 31.5 Å². The molecule has 0 fully saturated rings. The molecule has 0 saturated heterocycles. The molecule has 0 amide bonds. The zero-order chi connectivity index (χ0) is 13.6. The lowest BCUT2D eigenvalue weighted by atomic mass is 10.2. The molecule has 5 heteroatoms. The first-order valence-electron chi connectivity index (χ1n) is 5.71. The predicted octanol–water partition coefficient (Wildman–Crippen LogP) is 4.03. The van der Waals surface area contributed by atoms with Crippen molar-refractivity contribution in [3.8, 4) is 0 Å². The van der Waals surface area contributed by atoms with E-state index in [1.54, 1.807) is 13.8 Å². The van der Waals surface area contributed by atoms with Gasteiger partial charge in [0.15, 0.2) is 0 Å². The van der Waals surface area contributed by atoms with Gasteiger partial charge in [0, 0.05) is 4.47 Å². The Balaban J connectivity index is 2.29.